The number of fused-ring (bicyclic) bond motifs is 1. The summed E-state index contributed by atoms with van der Waals surface area (Å²) in [7, 11) is 0. The molecule has 2 rings (SSSR count). The van der Waals surface area contributed by atoms with Crippen LogP contribution in [0.5, 0.6) is 0 Å². The first kappa shape index (κ1) is 10.4. The number of thiophene rings is 1. The van der Waals surface area contributed by atoms with Gasteiger partial charge in [-0.1, -0.05) is 22.0 Å². The molecule has 0 aliphatic rings. The lowest BCUT2D eigenvalue weighted by Gasteiger charge is -2.00. The number of nitrogens with zero attached hydrogens (tertiary/aromatic N) is 1. The van der Waals surface area contributed by atoms with Crippen molar-refractivity contribution >= 4 is 59.9 Å². The SMILES string of the molecule is N#Cc1ccc2c(I)csc2c1CBr. The molecule has 2 aromatic rings. The zero-order valence-corrected chi connectivity index (χ0v) is 11.6. The van der Waals surface area contributed by atoms with Crippen LogP contribution in [0.1, 0.15) is 11.1 Å². The van der Waals surface area contributed by atoms with Gasteiger partial charge in [0.1, 0.15) is 0 Å². The first-order chi connectivity index (χ1) is 6.77. The molecule has 0 spiro atoms. The fourth-order valence-corrected chi connectivity index (χ4v) is 4.12. The standard InChI is InChI=1S/C10H5BrINS/c11-3-8-6(4-13)1-2-7-9(12)5-14-10(7)8/h1-2,5H,3H2. The summed E-state index contributed by atoms with van der Waals surface area (Å²) in [5, 5.41) is 13.1. The minimum Gasteiger partial charge on any atom is -0.192 e. The van der Waals surface area contributed by atoms with Crippen LogP contribution in [0.2, 0.25) is 0 Å². The van der Waals surface area contributed by atoms with Crippen molar-refractivity contribution in [1.29, 1.82) is 5.26 Å². The Bertz CT molecular complexity index is 527. The predicted octanol–water partition coefficient (Wildman–Crippen LogP) is 4.27. The molecule has 0 saturated heterocycles. The van der Waals surface area contributed by atoms with Crippen molar-refractivity contribution in [3.8, 4) is 6.07 Å². The highest BCUT2D eigenvalue weighted by atomic mass is 127. The van der Waals surface area contributed by atoms with Crippen LogP contribution in [-0.2, 0) is 5.33 Å². The third kappa shape index (κ3) is 1.58. The van der Waals surface area contributed by atoms with Gasteiger partial charge in [0.05, 0.1) is 11.6 Å². The van der Waals surface area contributed by atoms with Crippen LogP contribution < -0.4 is 0 Å². The Labute approximate surface area is 108 Å². The van der Waals surface area contributed by atoms with E-state index in [0.29, 0.717) is 0 Å². The van der Waals surface area contributed by atoms with Crippen molar-refractivity contribution < 1.29 is 0 Å². The number of halogens is 2. The predicted molar refractivity (Wildman–Crippen MR) is 71.9 cm³/mol. The van der Waals surface area contributed by atoms with Crippen LogP contribution in [0.15, 0.2) is 17.5 Å². The van der Waals surface area contributed by atoms with E-state index in [4.69, 9.17) is 5.26 Å². The van der Waals surface area contributed by atoms with Gasteiger partial charge in [-0.25, -0.2) is 0 Å². The van der Waals surface area contributed by atoms with Crippen LogP contribution in [0.25, 0.3) is 10.1 Å². The van der Waals surface area contributed by atoms with E-state index < -0.39 is 0 Å². The van der Waals surface area contributed by atoms with Gasteiger partial charge in [-0.15, -0.1) is 11.3 Å². The number of rotatable bonds is 1. The summed E-state index contributed by atoms with van der Waals surface area (Å²) in [4.78, 5) is 0. The van der Waals surface area contributed by atoms with Gasteiger partial charge in [-0.3, -0.25) is 0 Å². The second-order valence-corrected chi connectivity index (χ2v) is 5.40. The Morgan fingerprint density at radius 3 is 2.93 bits per heavy atom. The van der Waals surface area contributed by atoms with Gasteiger partial charge in [0.25, 0.3) is 0 Å². The second-order valence-electron chi connectivity index (χ2n) is 2.80. The minimum absolute atomic E-state index is 0.740. The van der Waals surface area contributed by atoms with Crippen LogP contribution in [0.4, 0.5) is 0 Å². The molecule has 0 fully saturated rings. The van der Waals surface area contributed by atoms with Crippen molar-refractivity contribution in [3.63, 3.8) is 0 Å². The molecule has 0 aliphatic carbocycles. The number of hydrogen-bond acceptors (Lipinski definition) is 2. The zero-order chi connectivity index (χ0) is 10.1. The van der Waals surface area contributed by atoms with E-state index in [1.165, 1.54) is 13.7 Å². The molecule has 0 N–H and O–H groups in total. The van der Waals surface area contributed by atoms with E-state index in [2.05, 4.69) is 50.0 Å². The Morgan fingerprint density at radius 1 is 1.50 bits per heavy atom. The van der Waals surface area contributed by atoms with Crippen molar-refractivity contribution in [2.45, 2.75) is 5.33 Å². The maximum absolute atomic E-state index is 8.95. The highest BCUT2D eigenvalue weighted by molar-refractivity contribution is 14.1. The smallest absolute Gasteiger partial charge is 0.0995 e. The molecule has 1 aromatic heterocycles. The lowest BCUT2D eigenvalue weighted by molar-refractivity contribution is 1.42. The summed E-state index contributed by atoms with van der Waals surface area (Å²) in [6.07, 6.45) is 0. The summed E-state index contributed by atoms with van der Waals surface area (Å²) >= 11 is 7.46. The first-order valence-corrected chi connectivity index (χ1v) is 7.00. The molecule has 0 saturated carbocycles. The number of nitriles is 1. The van der Waals surface area contributed by atoms with E-state index in [1.807, 2.05) is 12.1 Å². The molecule has 0 bridgehead atoms. The van der Waals surface area contributed by atoms with Crippen LogP contribution >= 0.6 is 49.9 Å². The molecule has 1 heterocycles. The molecule has 70 valence electrons. The maximum Gasteiger partial charge on any atom is 0.0995 e. The molecular weight excluding hydrogens is 373 g/mol. The maximum atomic E-state index is 8.95. The number of hydrogen-bond donors (Lipinski definition) is 0. The molecule has 1 nitrogen and oxygen atoms in total. The molecule has 0 unspecified atom stereocenters. The quantitative estimate of drug-likeness (QED) is 0.537. The van der Waals surface area contributed by atoms with Crippen molar-refractivity contribution in [2.24, 2.45) is 0 Å². The van der Waals surface area contributed by atoms with Crippen molar-refractivity contribution in [2.75, 3.05) is 0 Å². The third-order valence-corrected chi connectivity index (χ3v) is 4.98. The summed E-state index contributed by atoms with van der Waals surface area (Å²) in [5.74, 6) is 0. The summed E-state index contributed by atoms with van der Waals surface area (Å²) in [6.45, 7) is 0. The van der Waals surface area contributed by atoms with Gasteiger partial charge < -0.3 is 0 Å². The number of alkyl halides is 1. The van der Waals surface area contributed by atoms with Gasteiger partial charge in [0.15, 0.2) is 0 Å². The van der Waals surface area contributed by atoms with Crippen molar-refractivity contribution in [3.05, 3.63) is 32.2 Å². The van der Waals surface area contributed by atoms with Crippen LogP contribution in [0.3, 0.4) is 0 Å². The lowest BCUT2D eigenvalue weighted by atomic mass is 10.1. The first-order valence-electron chi connectivity index (χ1n) is 3.92. The summed E-state index contributed by atoms with van der Waals surface area (Å²) in [5.41, 5.74) is 1.88. The molecule has 1 aromatic carbocycles. The summed E-state index contributed by atoms with van der Waals surface area (Å²) in [6, 6.07) is 6.14. The average molecular weight is 378 g/mol. The molecule has 0 radical (unpaired) electrons. The van der Waals surface area contributed by atoms with Gasteiger partial charge in [0, 0.05) is 24.4 Å². The van der Waals surface area contributed by atoms with E-state index >= 15 is 0 Å². The molecule has 0 aliphatic heterocycles. The largest absolute Gasteiger partial charge is 0.192 e. The Morgan fingerprint density at radius 2 is 2.29 bits per heavy atom. The van der Waals surface area contributed by atoms with E-state index in [1.54, 1.807) is 11.3 Å². The molecule has 4 heteroatoms. The average Bonchev–Trinajstić information content (AvgIpc) is 2.59. The second kappa shape index (κ2) is 4.17. The highest BCUT2D eigenvalue weighted by Gasteiger charge is 2.09. The van der Waals surface area contributed by atoms with E-state index in [9.17, 15) is 0 Å². The molecular formula is C10H5BrINS. The van der Waals surface area contributed by atoms with Crippen LogP contribution in [-0.4, -0.2) is 0 Å². The molecule has 0 amide bonds. The zero-order valence-electron chi connectivity index (χ0n) is 7.05. The van der Waals surface area contributed by atoms with E-state index in [-0.39, 0.29) is 0 Å². The van der Waals surface area contributed by atoms with E-state index in [0.717, 1.165) is 16.5 Å². The monoisotopic (exact) mass is 377 g/mol. The Kier molecular flexibility index (Phi) is 3.10. The van der Waals surface area contributed by atoms with Gasteiger partial charge in [-0.05, 0) is 34.2 Å². The van der Waals surface area contributed by atoms with Crippen LogP contribution in [0, 0.1) is 14.9 Å². The Hall–Kier alpha value is -0.120. The topological polar surface area (TPSA) is 23.8 Å². The summed E-state index contributed by atoms with van der Waals surface area (Å²) < 4.78 is 2.49. The minimum atomic E-state index is 0.740. The highest BCUT2D eigenvalue weighted by Crippen LogP contribution is 2.32. The van der Waals surface area contributed by atoms with Crippen molar-refractivity contribution in [1.82, 2.24) is 0 Å². The normalized spacial score (nSPS) is 10.4. The Balaban J connectivity index is 2.86. The fraction of sp³-hybridized carbons (Fsp3) is 0.100. The number of benzene rings is 1. The fourth-order valence-electron chi connectivity index (χ4n) is 1.36. The molecule has 0 atom stereocenters. The molecule has 14 heavy (non-hydrogen) atoms. The van der Waals surface area contributed by atoms with Gasteiger partial charge in [0.2, 0.25) is 0 Å². The third-order valence-electron chi connectivity index (χ3n) is 2.05. The van der Waals surface area contributed by atoms with Gasteiger partial charge in [-0.2, -0.15) is 5.26 Å². The van der Waals surface area contributed by atoms with Gasteiger partial charge >= 0.3 is 0 Å². The lowest BCUT2D eigenvalue weighted by Crippen LogP contribution is -1.85.